The monoisotopic (exact) mass is 444 g/mol. The highest BCUT2D eigenvalue weighted by Gasteiger charge is 2.20. The lowest BCUT2D eigenvalue weighted by atomic mass is 10.1. The fourth-order valence-electron chi connectivity index (χ4n) is 3.61. The van der Waals surface area contributed by atoms with Crippen LogP contribution in [0.1, 0.15) is 16.8 Å². The first-order valence-electron chi connectivity index (χ1n) is 10.4. The second-order valence-electron chi connectivity index (χ2n) is 7.75. The molecule has 0 bridgehead atoms. The zero-order valence-corrected chi connectivity index (χ0v) is 18.9. The molecule has 1 amide bonds. The van der Waals surface area contributed by atoms with Gasteiger partial charge < -0.3 is 19.1 Å². The van der Waals surface area contributed by atoms with Crippen molar-refractivity contribution >= 4 is 11.6 Å². The van der Waals surface area contributed by atoms with Crippen LogP contribution < -0.4 is 15.6 Å². The maximum atomic E-state index is 13.3. The third-order valence-electron chi connectivity index (χ3n) is 5.41. The summed E-state index contributed by atoms with van der Waals surface area (Å²) >= 11 is 0. The number of aromatic nitrogens is 3. The smallest absolute Gasteiger partial charge is 0.264 e. The Morgan fingerprint density at radius 1 is 1.06 bits per heavy atom. The molecule has 2 aromatic heterocycles. The Morgan fingerprint density at radius 2 is 1.79 bits per heavy atom. The van der Waals surface area contributed by atoms with Crippen molar-refractivity contribution in [3.05, 3.63) is 81.8 Å². The van der Waals surface area contributed by atoms with E-state index in [4.69, 9.17) is 9.26 Å². The summed E-state index contributed by atoms with van der Waals surface area (Å²) < 4.78 is 12.0. The second-order valence-corrected chi connectivity index (χ2v) is 7.75. The third kappa shape index (κ3) is 4.55. The fraction of sp³-hybridized carbons (Fsp3) is 0.200. The summed E-state index contributed by atoms with van der Waals surface area (Å²) in [4.78, 5) is 30.4. The Morgan fingerprint density at radius 3 is 2.48 bits per heavy atom. The highest BCUT2D eigenvalue weighted by atomic mass is 16.5. The van der Waals surface area contributed by atoms with Gasteiger partial charge in [0.1, 0.15) is 17.9 Å². The molecule has 0 saturated carbocycles. The predicted molar refractivity (Wildman–Crippen MR) is 125 cm³/mol. The number of rotatable bonds is 6. The molecule has 2 heterocycles. The average molecular weight is 444 g/mol. The number of methoxy groups -OCH3 is 1. The normalized spacial score (nSPS) is 10.8. The van der Waals surface area contributed by atoms with E-state index in [1.165, 1.54) is 4.57 Å². The largest absolute Gasteiger partial charge is 0.497 e. The number of amides is 1. The lowest BCUT2D eigenvalue weighted by Crippen LogP contribution is -2.30. The Bertz CT molecular complexity index is 1370. The van der Waals surface area contributed by atoms with Gasteiger partial charge in [0.2, 0.25) is 11.7 Å². The summed E-state index contributed by atoms with van der Waals surface area (Å²) in [5, 5.41) is 6.89. The van der Waals surface area contributed by atoms with E-state index < -0.39 is 0 Å². The topological polar surface area (TPSA) is 99.3 Å². The number of hydrogen-bond donors (Lipinski definition) is 1. The number of benzene rings is 2. The van der Waals surface area contributed by atoms with Gasteiger partial charge in [0.05, 0.1) is 7.11 Å². The van der Waals surface area contributed by atoms with Gasteiger partial charge in [0, 0.05) is 16.9 Å². The highest BCUT2D eigenvalue weighted by molar-refractivity contribution is 5.91. The molecule has 8 heteroatoms. The van der Waals surface area contributed by atoms with E-state index >= 15 is 0 Å². The van der Waals surface area contributed by atoms with Crippen molar-refractivity contribution in [2.75, 3.05) is 12.4 Å². The standard InChI is InChI=1S/C25H24N4O4/c1-15-7-5-6-8-20(15)26-21(30)14-29-17(3)13-16(2)22(25(29)31)24-27-23(28-33-24)18-9-11-19(32-4)12-10-18/h5-13H,14H2,1-4H3,(H,26,30). The molecule has 0 spiro atoms. The molecule has 168 valence electrons. The van der Waals surface area contributed by atoms with Crippen LogP contribution in [-0.2, 0) is 11.3 Å². The van der Waals surface area contributed by atoms with Crippen molar-refractivity contribution in [2.45, 2.75) is 27.3 Å². The quantitative estimate of drug-likeness (QED) is 0.480. The van der Waals surface area contributed by atoms with E-state index in [0.29, 0.717) is 28.5 Å². The molecule has 0 atom stereocenters. The molecule has 8 nitrogen and oxygen atoms in total. The van der Waals surface area contributed by atoms with Gasteiger partial charge in [0.25, 0.3) is 11.4 Å². The molecular formula is C25H24N4O4. The summed E-state index contributed by atoms with van der Waals surface area (Å²) in [6.45, 7) is 5.37. The number of nitrogens with zero attached hydrogens (tertiary/aromatic N) is 3. The summed E-state index contributed by atoms with van der Waals surface area (Å²) in [5.41, 5.74) is 3.65. The lowest BCUT2D eigenvalue weighted by molar-refractivity contribution is -0.116. The van der Waals surface area contributed by atoms with Crippen molar-refractivity contribution < 1.29 is 14.1 Å². The highest BCUT2D eigenvalue weighted by Crippen LogP contribution is 2.24. The number of aryl methyl sites for hydroxylation is 3. The minimum Gasteiger partial charge on any atom is -0.497 e. The SMILES string of the molecule is COc1ccc(-c2noc(-c3c(C)cc(C)n(CC(=O)Nc4ccccc4C)c3=O)n2)cc1. The van der Waals surface area contributed by atoms with Crippen LogP contribution in [0.5, 0.6) is 5.75 Å². The van der Waals surface area contributed by atoms with Gasteiger partial charge in [-0.05, 0) is 68.3 Å². The molecule has 4 rings (SSSR count). The minimum absolute atomic E-state index is 0.108. The molecule has 0 fully saturated rings. The Labute approximate surface area is 190 Å². The molecule has 0 saturated heterocycles. The molecular weight excluding hydrogens is 420 g/mol. The molecule has 2 aromatic carbocycles. The van der Waals surface area contributed by atoms with Crippen molar-refractivity contribution in [1.29, 1.82) is 0 Å². The zero-order valence-electron chi connectivity index (χ0n) is 18.9. The molecule has 0 radical (unpaired) electrons. The maximum absolute atomic E-state index is 13.3. The van der Waals surface area contributed by atoms with Gasteiger partial charge in [-0.1, -0.05) is 23.4 Å². The van der Waals surface area contributed by atoms with Crippen LogP contribution in [-0.4, -0.2) is 27.7 Å². The average Bonchev–Trinajstić information content (AvgIpc) is 3.28. The van der Waals surface area contributed by atoms with E-state index in [9.17, 15) is 9.59 Å². The Balaban J connectivity index is 1.64. The first-order valence-corrected chi connectivity index (χ1v) is 10.4. The molecule has 0 aliphatic rings. The summed E-state index contributed by atoms with van der Waals surface area (Å²) in [7, 11) is 1.59. The van der Waals surface area contributed by atoms with Crippen molar-refractivity contribution in [3.63, 3.8) is 0 Å². The van der Waals surface area contributed by atoms with Gasteiger partial charge in [-0.15, -0.1) is 0 Å². The lowest BCUT2D eigenvalue weighted by Gasteiger charge is -2.14. The van der Waals surface area contributed by atoms with Gasteiger partial charge in [-0.3, -0.25) is 9.59 Å². The molecule has 0 aliphatic carbocycles. The number of anilines is 1. The van der Waals surface area contributed by atoms with Gasteiger partial charge >= 0.3 is 0 Å². The molecule has 33 heavy (non-hydrogen) atoms. The van der Waals surface area contributed by atoms with Crippen molar-refractivity contribution in [1.82, 2.24) is 14.7 Å². The van der Waals surface area contributed by atoms with Crippen LogP contribution in [0.4, 0.5) is 5.69 Å². The number of para-hydroxylation sites is 1. The zero-order chi connectivity index (χ0) is 23.5. The predicted octanol–water partition coefficient (Wildman–Crippen LogP) is 4.14. The van der Waals surface area contributed by atoms with Gasteiger partial charge in [-0.25, -0.2) is 0 Å². The molecule has 0 aliphatic heterocycles. The van der Waals surface area contributed by atoms with Crippen molar-refractivity contribution in [3.8, 4) is 28.6 Å². The van der Waals surface area contributed by atoms with E-state index in [0.717, 1.165) is 11.1 Å². The third-order valence-corrected chi connectivity index (χ3v) is 5.41. The number of carbonyl (C=O) groups is 1. The van der Waals surface area contributed by atoms with Crippen LogP contribution >= 0.6 is 0 Å². The van der Waals surface area contributed by atoms with E-state index in [-0.39, 0.29) is 29.5 Å². The van der Waals surface area contributed by atoms with Gasteiger partial charge in [0.15, 0.2) is 0 Å². The first-order chi connectivity index (χ1) is 15.9. The minimum atomic E-state index is -0.364. The van der Waals surface area contributed by atoms with E-state index in [1.54, 1.807) is 33.1 Å². The number of pyridine rings is 1. The van der Waals surface area contributed by atoms with Crippen LogP contribution in [0, 0.1) is 20.8 Å². The summed E-state index contributed by atoms with van der Waals surface area (Å²) in [6, 6.07) is 16.5. The van der Waals surface area contributed by atoms with Crippen molar-refractivity contribution in [2.24, 2.45) is 0 Å². The second kappa shape index (κ2) is 9.12. The first kappa shape index (κ1) is 22.0. The molecule has 1 N–H and O–H groups in total. The Hall–Kier alpha value is -4.20. The number of carbonyl (C=O) groups excluding carboxylic acids is 1. The fourth-order valence-corrected chi connectivity index (χ4v) is 3.61. The summed E-state index contributed by atoms with van der Waals surface area (Å²) in [6.07, 6.45) is 0. The van der Waals surface area contributed by atoms with Crippen LogP contribution in [0.25, 0.3) is 22.8 Å². The number of nitrogens with one attached hydrogen (secondary N) is 1. The molecule has 0 unspecified atom stereocenters. The Kier molecular flexibility index (Phi) is 6.08. The maximum Gasteiger partial charge on any atom is 0.264 e. The van der Waals surface area contributed by atoms with Crippen LogP contribution in [0.2, 0.25) is 0 Å². The van der Waals surface area contributed by atoms with Crippen LogP contribution in [0.3, 0.4) is 0 Å². The number of hydrogen-bond acceptors (Lipinski definition) is 6. The summed E-state index contributed by atoms with van der Waals surface area (Å²) in [5.74, 6) is 0.879. The number of ether oxygens (including phenoxy) is 1. The molecule has 4 aromatic rings. The van der Waals surface area contributed by atoms with E-state index in [2.05, 4.69) is 15.5 Å². The van der Waals surface area contributed by atoms with Crippen LogP contribution in [0.15, 0.2) is 63.9 Å². The van der Waals surface area contributed by atoms with Gasteiger partial charge in [-0.2, -0.15) is 4.98 Å². The van der Waals surface area contributed by atoms with E-state index in [1.807, 2.05) is 49.4 Å².